The van der Waals surface area contributed by atoms with Gasteiger partial charge in [-0.3, -0.25) is 9.59 Å². The number of carbonyl (C=O) groups excluding carboxylic acids is 2. The Morgan fingerprint density at radius 3 is 2.56 bits per heavy atom. The molecule has 8 nitrogen and oxygen atoms in total. The van der Waals surface area contributed by atoms with Gasteiger partial charge >= 0.3 is 5.97 Å². The van der Waals surface area contributed by atoms with E-state index in [9.17, 15) is 9.59 Å². The zero-order valence-corrected chi connectivity index (χ0v) is 15.5. The van der Waals surface area contributed by atoms with Crippen LogP contribution in [0.1, 0.15) is 37.6 Å². The van der Waals surface area contributed by atoms with E-state index in [0.29, 0.717) is 29.1 Å². The van der Waals surface area contributed by atoms with Gasteiger partial charge in [0, 0.05) is 12.1 Å². The monoisotopic (exact) mass is 367 g/mol. The first-order valence-electron chi connectivity index (χ1n) is 8.57. The molecule has 0 aliphatic rings. The SMILES string of the molecule is CC(C)(C)OC(=O)CCn1cnc2c(NC(=O)c3ccccc3)ncnc21. The molecule has 0 bridgehead atoms. The Bertz CT molecular complexity index is 960. The van der Waals surface area contributed by atoms with E-state index in [0.717, 1.165) is 0 Å². The summed E-state index contributed by atoms with van der Waals surface area (Å²) in [5, 5.41) is 2.75. The fourth-order valence-corrected chi connectivity index (χ4v) is 2.51. The van der Waals surface area contributed by atoms with Crippen LogP contribution in [0.2, 0.25) is 0 Å². The number of amides is 1. The molecular weight excluding hydrogens is 346 g/mol. The largest absolute Gasteiger partial charge is 0.460 e. The Kier molecular flexibility index (Phi) is 5.16. The number of aromatic nitrogens is 4. The van der Waals surface area contributed by atoms with Crippen LogP contribution in [-0.4, -0.2) is 37.0 Å². The van der Waals surface area contributed by atoms with E-state index in [1.165, 1.54) is 6.33 Å². The Morgan fingerprint density at radius 2 is 1.85 bits per heavy atom. The molecule has 0 atom stereocenters. The summed E-state index contributed by atoms with van der Waals surface area (Å²) in [5.74, 6) is -0.250. The fourth-order valence-electron chi connectivity index (χ4n) is 2.51. The van der Waals surface area contributed by atoms with Crippen molar-refractivity contribution in [2.45, 2.75) is 39.3 Å². The number of hydrogen-bond donors (Lipinski definition) is 1. The van der Waals surface area contributed by atoms with E-state index >= 15 is 0 Å². The molecule has 1 aromatic carbocycles. The summed E-state index contributed by atoms with van der Waals surface area (Å²) < 4.78 is 7.05. The topological polar surface area (TPSA) is 99.0 Å². The van der Waals surface area contributed by atoms with Crippen LogP contribution in [0, 0.1) is 0 Å². The van der Waals surface area contributed by atoms with Crippen molar-refractivity contribution in [1.82, 2.24) is 19.5 Å². The van der Waals surface area contributed by atoms with Gasteiger partial charge in [0.2, 0.25) is 0 Å². The molecule has 0 radical (unpaired) electrons. The molecule has 27 heavy (non-hydrogen) atoms. The average Bonchev–Trinajstić information content (AvgIpc) is 3.03. The van der Waals surface area contributed by atoms with Gasteiger partial charge in [0.05, 0.1) is 12.7 Å². The normalized spacial score (nSPS) is 11.4. The van der Waals surface area contributed by atoms with Crippen molar-refractivity contribution in [2.75, 3.05) is 5.32 Å². The van der Waals surface area contributed by atoms with Crippen molar-refractivity contribution >= 4 is 28.9 Å². The van der Waals surface area contributed by atoms with Gasteiger partial charge < -0.3 is 14.6 Å². The molecule has 0 spiro atoms. The van der Waals surface area contributed by atoms with Crippen molar-refractivity contribution in [3.63, 3.8) is 0 Å². The third kappa shape index (κ3) is 4.66. The first-order valence-corrected chi connectivity index (χ1v) is 8.57. The van der Waals surface area contributed by atoms with Crippen molar-refractivity contribution in [1.29, 1.82) is 0 Å². The van der Waals surface area contributed by atoms with Crippen LogP contribution in [0.4, 0.5) is 5.82 Å². The predicted octanol–water partition coefficient (Wildman–Crippen LogP) is 2.81. The summed E-state index contributed by atoms with van der Waals surface area (Å²) in [4.78, 5) is 36.9. The molecule has 3 aromatic rings. The maximum absolute atomic E-state index is 12.3. The van der Waals surface area contributed by atoms with Gasteiger partial charge in [-0.15, -0.1) is 0 Å². The van der Waals surface area contributed by atoms with Crippen molar-refractivity contribution in [2.24, 2.45) is 0 Å². The number of benzene rings is 1. The van der Waals surface area contributed by atoms with Gasteiger partial charge in [-0.25, -0.2) is 15.0 Å². The Labute approximate surface area is 156 Å². The minimum atomic E-state index is -0.523. The minimum absolute atomic E-state index is 0.193. The highest BCUT2D eigenvalue weighted by Gasteiger charge is 2.17. The average molecular weight is 367 g/mol. The summed E-state index contributed by atoms with van der Waals surface area (Å²) in [6, 6.07) is 8.85. The lowest BCUT2D eigenvalue weighted by molar-refractivity contribution is -0.155. The smallest absolute Gasteiger partial charge is 0.308 e. The number of fused-ring (bicyclic) bond motifs is 1. The third-order valence-electron chi connectivity index (χ3n) is 3.65. The molecule has 0 saturated carbocycles. The number of imidazole rings is 1. The van der Waals surface area contributed by atoms with Gasteiger partial charge in [0.25, 0.3) is 5.91 Å². The summed E-state index contributed by atoms with van der Waals surface area (Å²) in [7, 11) is 0. The predicted molar refractivity (Wildman–Crippen MR) is 100 cm³/mol. The number of carbonyl (C=O) groups is 2. The lowest BCUT2D eigenvalue weighted by Crippen LogP contribution is -2.24. The highest BCUT2D eigenvalue weighted by atomic mass is 16.6. The second-order valence-corrected chi connectivity index (χ2v) is 6.99. The Hall–Kier alpha value is -3.29. The van der Waals surface area contributed by atoms with Crippen LogP contribution < -0.4 is 5.32 Å². The van der Waals surface area contributed by atoms with Crippen LogP contribution in [0.5, 0.6) is 0 Å². The Balaban J connectivity index is 1.75. The van der Waals surface area contributed by atoms with E-state index in [1.807, 2.05) is 26.8 Å². The number of aryl methyl sites for hydroxylation is 1. The van der Waals surface area contributed by atoms with Crippen molar-refractivity contribution < 1.29 is 14.3 Å². The lowest BCUT2D eigenvalue weighted by Gasteiger charge is -2.19. The molecule has 1 N–H and O–H groups in total. The Morgan fingerprint density at radius 1 is 1.11 bits per heavy atom. The van der Waals surface area contributed by atoms with Crippen LogP contribution in [-0.2, 0) is 16.1 Å². The lowest BCUT2D eigenvalue weighted by atomic mass is 10.2. The third-order valence-corrected chi connectivity index (χ3v) is 3.65. The van der Waals surface area contributed by atoms with Gasteiger partial charge in [0.1, 0.15) is 11.9 Å². The molecule has 1 amide bonds. The molecule has 0 fully saturated rings. The number of nitrogens with one attached hydrogen (secondary N) is 1. The van der Waals surface area contributed by atoms with Crippen LogP contribution in [0.25, 0.3) is 11.2 Å². The fraction of sp³-hybridized carbons (Fsp3) is 0.316. The summed E-state index contributed by atoms with van der Waals surface area (Å²) in [6.45, 7) is 5.85. The number of rotatable bonds is 5. The molecule has 2 aromatic heterocycles. The van der Waals surface area contributed by atoms with Crippen molar-refractivity contribution in [3.05, 3.63) is 48.5 Å². The second-order valence-electron chi connectivity index (χ2n) is 6.99. The minimum Gasteiger partial charge on any atom is -0.460 e. The van der Waals surface area contributed by atoms with E-state index in [1.54, 1.807) is 35.2 Å². The first-order chi connectivity index (χ1) is 12.8. The second kappa shape index (κ2) is 7.53. The van der Waals surface area contributed by atoms with Gasteiger partial charge in [0.15, 0.2) is 17.0 Å². The maximum atomic E-state index is 12.3. The molecule has 0 aliphatic heterocycles. The highest BCUT2D eigenvalue weighted by Crippen LogP contribution is 2.19. The first kappa shape index (κ1) is 18.5. The van der Waals surface area contributed by atoms with Gasteiger partial charge in [-0.2, -0.15) is 0 Å². The van der Waals surface area contributed by atoms with E-state index in [2.05, 4.69) is 20.3 Å². The molecule has 2 heterocycles. The summed E-state index contributed by atoms with van der Waals surface area (Å²) in [6.07, 6.45) is 3.12. The molecule has 0 saturated heterocycles. The van der Waals surface area contributed by atoms with Crippen LogP contribution in [0.15, 0.2) is 43.0 Å². The van der Waals surface area contributed by atoms with E-state index in [-0.39, 0.29) is 18.3 Å². The number of esters is 1. The molecule has 3 rings (SSSR count). The van der Waals surface area contributed by atoms with Gasteiger partial charge in [-0.1, -0.05) is 18.2 Å². The summed E-state index contributed by atoms with van der Waals surface area (Å²) >= 11 is 0. The molecule has 8 heteroatoms. The number of anilines is 1. The number of hydrogen-bond acceptors (Lipinski definition) is 6. The molecule has 0 aliphatic carbocycles. The van der Waals surface area contributed by atoms with E-state index in [4.69, 9.17) is 4.74 Å². The zero-order chi connectivity index (χ0) is 19.4. The highest BCUT2D eigenvalue weighted by molar-refractivity contribution is 6.06. The number of ether oxygens (including phenoxy) is 1. The molecule has 0 unspecified atom stereocenters. The van der Waals surface area contributed by atoms with Crippen molar-refractivity contribution in [3.8, 4) is 0 Å². The van der Waals surface area contributed by atoms with Crippen LogP contribution in [0.3, 0.4) is 0 Å². The summed E-state index contributed by atoms with van der Waals surface area (Å²) in [5.41, 5.74) is 1.00. The van der Waals surface area contributed by atoms with E-state index < -0.39 is 5.60 Å². The van der Waals surface area contributed by atoms with Crippen LogP contribution >= 0.6 is 0 Å². The zero-order valence-electron chi connectivity index (χ0n) is 15.5. The maximum Gasteiger partial charge on any atom is 0.308 e. The molecular formula is C19H21N5O3. The number of nitrogens with zero attached hydrogens (tertiary/aromatic N) is 4. The van der Waals surface area contributed by atoms with Gasteiger partial charge in [-0.05, 0) is 32.9 Å². The molecule has 140 valence electrons. The standard InChI is InChI=1S/C19H21N5O3/c1-19(2,3)27-14(25)9-10-24-12-22-15-16(20-11-21-17(15)24)23-18(26)13-7-5-4-6-8-13/h4-8,11-12H,9-10H2,1-3H3,(H,20,21,23,26). The quantitative estimate of drug-likeness (QED) is 0.696.